The van der Waals surface area contributed by atoms with Crippen molar-refractivity contribution in [2.75, 3.05) is 18.0 Å². The first-order valence-electron chi connectivity index (χ1n) is 8.37. The number of fused-ring (bicyclic) bond motifs is 2. The number of hydrogen-bond acceptors (Lipinski definition) is 9. The SMILES string of the molecule is NC(=Nc1c(Cl)ccc2nsnc12)N(C1=NCCN1)c1c(Cl)ccc2nsnc12. The lowest BCUT2D eigenvalue weighted by molar-refractivity contribution is 0.955. The molecule has 0 saturated carbocycles. The maximum Gasteiger partial charge on any atom is 0.208 e. The van der Waals surface area contributed by atoms with E-state index in [9.17, 15) is 0 Å². The zero-order valence-electron chi connectivity index (χ0n) is 14.5. The molecular weight excluding hydrogens is 453 g/mol. The molecule has 3 heterocycles. The Bertz CT molecular complexity index is 1300. The van der Waals surface area contributed by atoms with Crippen LogP contribution in [0.4, 0.5) is 11.4 Å². The molecule has 0 radical (unpaired) electrons. The standard InChI is InChI=1S/C16H11Cl2N9S2/c17-7-1-3-9-12(25-28-23-9)11(7)22-15(19)27(16-20-5-6-21-16)14-8(18)2-4-10-13(14)26-29-24-10/h1-4H,5-6H2,(H2,19,22)(H,20,21). The summed E-state index contributed by atoms with van der Waals surface area (Å²) in [6, 6.07) is 7.05. The molecule has 0 spiro atoms. The highest BCUT2D eigenvalue weighted by atomic mass is 35.5. The second-order valence-corrected chi connectivity index (χ2v) is 7.86. The van der Waals surface area contributed by atoms with E-state index in [1.165, 1.54) is 0 Å². The van der Waals surface area contributed by atoms with Crippen LogP contribution < -0.4 is 16.0 Å². The maximum atomic E-state index is 6.54. The Balaban J connectivity index is 1.72. The molecule has 0 saturated heterocycles. The van der Waals surface area contributed by atoms with E-state index in [0.717, 1.165) is 23.5 Å². The normalized spacial score (nSPS) is 14.4. The number of nitrogens with two attached hydrogens (primary N) is 1. The summed E-state index contributed by atoms with van der Waals surface area (Å²) in [5.41, 5.74) is 10.0. The monoisotopic (exact) mass is 463 g/mol. The number of benzene rings is 2. The van der Waals surface area contributed by atoms with E-state index in [1.54, 1.807) is 29.2 Å². The molecule has 0 atom stereocenters. The molecule has 0 fully saturated rings. The molecule has 2 aromatic carbocycles. The van der Waals surface area contributed by atoms with Gasteiger partial charge in [-0.2, -0.15) is 17.5 Å². The van der Waals surface area contributed by atoms with Gasteiger partial charge in [0.05, 0.1) is 45.7 Å². The van der Waals surface area contributed by atoms with Crippen LogP contribution in [0.15, 0.2) is 34.3 Å². The summed E-state index contributed by atoms with van der Waals surface area (Å²) >= 11 is 15.1. The number of halogens is 2. The van der Waals surface area contributed by atoms with Gasteiger partial charge in [-0.15, -0.1) is 0 Å². The Labute approximate surface area is 182 Å². The van der Waals surface area contributed by atoms with Gasteiger partial charge in [0, 0.05) is 6.54 Å². The van der Waals surface area contributed by atoms with E-state index in [2.05, 4.69) is 32.8 Å². The van der Waals surface area contributed by atoms with Crippen LogP contribution >= 0.6 is 46.7 Å². The lowest BCUT2D eigenvalue weighted by Gasteiger charge is -2.24. The Morgan fingerprint density at radius 3 is 2.41 bits per heavy atom. The van der Waals surface area contributed by atoms with E-state index < -0.39 is 0 Å². The van der Waals surface area contributed by atoms with Crippen LogP contribution in [0, 0.1) is 0 Å². The summed E-state index contributed by atoms with van der Waals surface area (Å²) in [4.78, 5) is 10.7. The lowest BCUT2D eigenvalue weighted by atomic mass is 10.2. The van der Waals surface area contributed by atoms with Crippen LogP contribution in [0.1, 0.15) is 0 Å². The van der Waals surface area contributed by atoms with E-state index >= 15 is 0 Å². The molecule has 0 bridgehead atoms. The molecular formula is C16H11Cl2N9S2. The van der Waals surface area contributed by atoms with Gasteiger partial charge in [0.2, 0.25) is 11.9 Å². The highest BCUT2D eigenvalue weighted by molar-refractivity contribution is 7.00. The molecule has 1 aliphatic rings. The van der Waals surface area contributed by atoms with E-state index in [1.807, 2.05) is 0 Å². The van der Waals surface area contributed by atoms with Crippen LogP contribution in [-0.2, 0) is 0 Å². The zero-order valence-corrected chi connectivity index (χ0v) is 17.6. The highest BCUT2D eigenvalue weighted by Gasteiger charge is 2.26. The largest absolute Gasteiger partial charge is 0.369 e. The second kappa shape index (κ2) is 7.34. The average Bonchev–Trinajstić information content (AvgIpc) is 3.46. The molecule has 1 aliphatic heterocycles. The zero-order chi connectivity index (χ0) is 20.0. The molecule has 4 aromatic rings. The van der Waals surface area contributed by atoms with Gasteiger partial charge >= 0.3 is 0 Å². The van der Waals surface area contributed by atoms with Crippen molar-refractivity contribution < 1.29 is 0 Å². The van der Waals surface area contributed by atoms with Crippen LogP contribution in [0.5, 0.6) is 0 Å². The fourth-order valence-corrected chi connectivity index (χ4v) is 4.48. The van der Waals surface area contributed by atoms with Gasteiger partial charge in [0.15, 0.2) is 0 Å². The third-order valence-electron chi connectivity index (χ3n) is 4.25. The van der Waals surface area contributed by atoms with Gasteiger partial charge in [0.25, 0.3) is 0 Å². The molecule has 0 unspecified atom stereocenters. The number of rotatable bonds is 2. The Morgan fingerprint density at radius 1 is 1.00 bits per heavy atom. The first-order valence-corrected chi connectivity index (χ1v) is 10.6. The fourth-order valence-electron chi connectivity index (χ4n) is 2.97. The number of nitrogens with zero attached hydrogens (tertiary/aromatic N) is 7. The predicted octanol–water partition coefficient (Wildman–Crippen LogP) is 3.41. The van der Waals surface area contributed by atoms with Crippen LogP contribution in [-0.4, -0.2) is 42.5 Å². The molecule has 0 amide bonds. The molecule has 3 N–H and O–H groups in total. The van der Waals surface area contributed by atoms with E-state index in [-0.39, 0.29) is 5.96 Å². The van der Waals surface area contributed by atoms with Gasteiger partial charge in [-0.25, -0.2) is 9.89 Å². The molecule has 13 heteroatoms. The van der Waals surface area contributed by atoms with Crippen molar-refractivity contribution in [3.8, 4) is 0 Å². The van der Waals surface area contributed by atoms with Crippen LogP contribution in [0.3, 0.4) is 0 Å². The number of anilines is 1. The first kappa shape index (κ1) is 18.4. The van der Waals surface area contributed by atoms with Gasteiger partial charge in [0.1, 0.15) is 27.8 Å². The number of nitrogens with one attached hydrogen (secondary N) is 1. The predicted molar refractivity (Wildman–Crippen MR) is 119 cm³/mol. The van der Waals surface area contributed by atoms with Crippen molar-refractivity contribution in [2.45, 2.75) is 0 Å². The van der Waals surface area contributed by atoms with E-state index in [0.29, 0.717) is 62.5 Å². The van der Waals surface area contributed by atoms with E-state index in [4.69, 9.17) is 28.9 Å². The summed E-state index contributed by atoms with van der Waals surface area (Å²) < 4.78 is 17.2. The topological polar surface area (TPSA) is 118 Å². The molecule has 9 nitrogen and oxygen atoms in total. The summed E-state index contributed by atoms with van der Waals surface area (Å²) in [7, 11) is 0. The molecule has 0 aliphatic carbocycles. The number of hydrogen-bond donors (Lipinski definition) is 2. The number of aliphatic imine (C=N–C) groups is 2. The van der Waals surface area contributed by atoms with Crippen molar-refractivity contribution >= 4 is 92.0 Å². The molecule has 2 aromatic heterocycles. The minimum Gasteiger partial charge on any atom is -0.369 e. The van der Waals surface area contributed by atoms with Crippen molar-refractivity contribution in [3.63, 3.8) is 0 Å². The van der Waals surface area contributed by atoms with Crippen molar-refractivity contribution in [3.05, 3.63) is 34.3 Å². The van der Waals surface area contributed by atoms with Crippen LogP contribution in [0.2, 0.25) is 10.0 Å². The van der Waals surface area contributed by atoms with Gasteiger partial charge in [-0.05, 0) is 24.3 Å². The molecule has 29 heavy (non-hydrogen) atoms. The quantitative estimate of drug-likeness (QED) is 0.345. The first-order chi connectivity index (χ1) is 14.1. The Morgan fingerprint density at radius 2 is 1.69 bits per heavy atom. The molecule has 5 rings (SSSR count). The Hall–Kier alpha value is -2.60. The summed E-state index contributed by atoms with van der Waals surface area (Å²) in [5, 5.41) is 4.06. The summed E-state index contributed by atoms with van der Waals surface area (Å²) in [6.45, 7) is 1.28. The maximum absolute atomic E-state index is 6.54. The lowest BCUT2D eigenvalue weighted by Crippen LogP contribution is -2.47. The summed E-state index contributed by atoms with van der Waals surface area (Å²) in [6.07, 6.45) is 0. The van der Waals surface area contributed by atoms with Gasteiger partial charge < -0.3 is 11.1 Å². The minimum absolute atomic E-state index is 0.114. The average molecular weight is 464 g/mol. The van der Waals surface area contributed by atoms with Crippen molar-refractivity contribution in [1.29, 1.82) is 0 Å². The third-order valence-corrected chi connectivity index (χ3v) is 5.95. The fraction of sp³-hybridized carbons (Fsp3) is 0.125. The highest BCUT2D eigenvalue weighted by Crippen LogP contribution is 2.36. The summed E-state index contributed by atoms with van der Waals surface area (Å²) in [5.74, 6) is 0.635. The third kappa shape index (κ3) is 3.15. The minimum atomic E-state index is 0.114. The number of aromatic nitrogens is 4. The molecule has 146 valence electrons. The van der Waals surface area contributed by atoms with Gasteiger partial charge in [-0.1, -0.05) is 23.2 Å². The van der Waals surface area contributed by atoms with Crippen molar-refractivity contribution in [1.82, 2.24) is 22.8 Å². The van der Waals surface area contributed by atoms with Crippen LogP contribution in [0.25, 0.3) is 22.1 Å². The Kier molecular flexibility index (Phi) is 4.66. The van der Waals surface area contributed by atoms with Crippen molar-refractivity contribution in [2.24, 2.45) is 15.7 Å². The smallest absolute Gasteiger partial charge is 0.208 e. The second-order valence-electron chi connectivity index (χ2n) is 5.99. The van der Waals surface area contributed by atoms with Gasteiger partial charge in [-0.3, -0.25) is 4.99 Å². The number of guanidine groups is 2.